The fourth-order valence-corrected chi connectivity index (χ4v) is 4.27. The van der Waals surface area contributed by atoms with E-state index >= 15 is 0 Å². The Hall–Kier alpha value is -0.820. The summed E-state index contributed by atoms with van der Waals surface area (Å²) in [7, 11) is -3.53. The molecule has 0 aliphatic carbocycles. The molecule has 8 heteroatoms. The molecule has 0 unspecified atom stereocenters. The predicted molar refractivity (Wildman–Crippen MR) is 87.5 cm³/mol. The van der Waals surface area contributed by atoms with Crippen molar-refractivity contribution in [1.82, 2.24) is 10.2 Å². The fraction of sp³-hybridized carbons (Fsp3) is 0.500. The third kappa shape index (κ3) is 3.74. The maximum absolute atomic E-state index is 12.7. The molecule has 1 heterocycles. The summed E-state index contributed by atoms with van der Waals surface area (Å²) in [5.41, 5.74) is 0.160. The summed E-state index contributed by atoms with van der Waals surface area (Å²) in [6, 6.07) is 2.89. The Kier molecular flexibility index (Phi) is 5.06. The molecule has 1 aliphatic heterocycles. The van der Waals surface area contributed by atoms with E-state index in [1.54, 1.807) is 4.90 Å². The Morgan fingerprint density at radius 3 is 2.23 bits per heavy atom. The summed E-state index contributed by atoms with van der Waals surface area (Å²) in [4.78, 5) is 14.3. The van der Waals surface area contributed by atoms with E-state index in [0.717, 1.165) is 6.26 Å². The number of halogens is 2. The highest BCUT2D eigenvalue weighted by molar-refractivity contribution is 7.90. The zero-order chi connectivity index (χ0) is 16.7. The Bertz CT molecular complexity index is 696. The molecule has 5 nitrogen and oxygen atoms in total. The van der Waals surface area contributed by atoms with Gasteiger partial charge in [0, 0.05) is 31.4 Å². The van der Waals surface area contributed by atoms with E-state index < -0.39 is 9.84 Å². The first kappa shape index (κ1) is 17.5. The van der Waals surface area contributed by atoms with Crippen molar-refractivity contribution in [1.29, 1.82) is 0 Å². The molecule has 122 valence electrons. The summed E-state index contributed by atoms with van der Waals surface area (Å²) in [5, 5.41) is 3.50. The molecule has 1 saturated heterocycles. The fourth-order valence-electron chi connectivity index (χ4n) is 2.64. The van der Waals surface area contributed by atoms with Gasteiger partial charge < -0.3 is 10.2 Å². The highest BCUT2D eigenvalue weighted by Crippen LogP contribution is 2.29. The van der Waals surface area contributed by atoms with E-state index in [9.17, 15) is 13.2 Å². The van der Waals surface area contributed by atoms with Crippen molar-refractivity contribution in [2.45, 2.75) is 30.8 Å². The van der Waals surface area contributed by atoms with Crippen LogP contribution in [0.25, 0.3) is 0 Å². The standard InChI is InChI=1S/C14H18Cl2N2O3S/c1-8-6-18(7-9(2)17-8)14(19)10-4-13(22(3,20)21)12(16)5-11(10)15/h4-5,8-9,17H,6-7H2,1-3H3/t8-,9-/m1/s1. The maximum atomic E-state index is 12.7. The smallest absolute Gasteiger partial charge is 0.255 e. The first-order chi connectivity index (χ1) is 10.1. The number of nitrogens with one attached hydrogen (secondary N) is 1. The van der Waals surface area contributed by atoms with Gasteiger partial charge in [0.15, 0.2) is 9.84 Å². The Morgan fingerprint density at radius 1 is 1.18 bits per heavy atom. The van der Waals surface area contributed by atoms with Crippen LogP contribution < -0.4 is 5.32 Å². The molecule has 0 saturated carbocycles. The van der Waals surface area contributed by atoms with Gasteiger partial charge in [-0.1, -0.05) is 23.2 Å². The average Bonchev–Trinajstić information content (AvgIpc) is 2.35. The van der Waals surface area contributed by atoms with Crippen LogP contribution in [0.2, 0.25) is 10.0 Å². The summed E-state index contributed by atoms with van der Waals surface area (Å²) in [5.74, 6) is -0.285. The molecule has 0 aromatic heterocycles. The molecule has 1 aromatic rings. The lowest BCUT2D eigenvalue weighted by Gasteiger charge is -2.36. The number of piperazine rings is 1. The van der Waals surface area contributed by atoms with Gasteiger partial charge in [0.25, 0.3) is 5.91 Å². The van der Waals surface area contributed by atoms with Crippen LogP contribution in [0.4, 0.5) is 0 Å². The summed E-state index contributed by atoms with van der Waals surface area (Å²) in [6.07, 6.45) is 1.05. The number of hydrogen-bond acceptors (Lipinski definition) is 4. The zero-order valence-electron chi connectivity index (χ0n) is 12.6. The Balaban J connectivity index is 2.41. The number of amides is 1. The van der Waals surface area contributed by atoms with Gasteiger partial charge in [-0.3, -0.25) is 4.79 Å². The molecule has 0 bridgehead atoms. The SMILES string of the molecule is C[C@@H]1CN(C(=O)c2cc(S(C)(=O)=O)c(Cl)cc2Cl)C[C@@H](C)N1. The van der Waals surface area contributed by atoms with Crippen LogP contribution in [-0.4, -0.2) is 50.7 Å². The Morgan fingerprint density at radius 2 is 1.73 bits per heavy atom. The van der Waals surface area contributed by atoms with Crippen LogP contribution in [0.15, 0.2) is 17.0 Å². The third-order valence-corrected chi connectivity index (χ3v) is 5.37. The average molecular weight is 365 g/mol. The first-order valence-corrected chi connectivity index (χ1v) is 9.48. The van der Waals surface area contributed by atoms with Gasteiger partial charge >= 0.3 is 0 Å². The lowest BCUT2D eigenvalue weighted by atomic mass is 10.1. The molecule has 0 radical (unpaired) electrons. The number of sulfone groups is 1. The number of hydrogen-bond donors (Lipinski definition) is 1. The van der Waals surface area contributed by atoms with E-state index in [2.05, 4.69) is 5.32 Å². The van der Waals surface area contributed by atoms with Crippen LogP contribution >= 0.6 is 23.2 Å². The molecule has 1 N–H and O–H groups in total. The summed E-state index contributed by atoms with van der Waals surface area (Å²) < 4.78 is 23.5. The van der Waals surface area contributed by atoms with E-state index in [4.69, 9.17) is 23.2 Å². The van der Waals surface area contributed by atoms with Crippen molar-refractivity contribution in [3.05, 3.63) is 27.7 Å². The van der Waals surface area contributed by atoms with Crippen LogP contribution in [0.5, 0.6) is 0 Å². The van der Waals surface area contributed by atoms with Gasteiger partial charge in [-0.2, -0.15) is 0 Å². The van der Waals surface area contributed by atoms with Crippen LogP contribution in [0, 0.1) is 0 Å². The second-order valence-corrected chi connectivity index (χ2v) is 8.51. The Labute approximate surface area is 140 Å². The topological polar surface area (TPSA) is 66.5 Å². The molecule has 2 rings (SSSR count). The quantitative estimate of drug-likeness (QED) is 0.873. The molecular weight excluding hydrogens is 347 g/mol. The van der Waals surface area contributed by atoms with Gasteiger partial charge in [-0.25, -0.2) is 8.42 Å². The minimum absolute atomic E-state index is 0.0195. The number of nitrogens with zero attached hydrogens (tertiary/aromatic N) is 1. The van der Waals surface area contributed by atoms with Crippen molar-refractivity contribution < 1.29 is 13.2 Å². The number of rotatable bonds is 2. The van der Waals surface area contributed by atoms with Crippen molar-refractivity contribution in [3.63, 3.8) is 0 Å². The highest BCUT2D eigenvalue weighted by Gasteiger charge is 2.28. The molecule has 1 aliphatic rings. The predicted octanol–water partition coefficient (Wildman–Crippen LogP) is 2.22. The first-order valence-electron chi connectivity index (χ1n) is 6.84. The highest BCUT2D eigenvalue weighted by atomic mass is 35.5. The molecule has 22 heavy (non-hydrogen) atoms. The number of carbonyl (C=O) groups is 1. The minimum Gasteiger partial charge on any atom is -0.335 e. The minimum atomic E-state index is -3.53. The number of carbonyl (C=O) groups excluding carboxylic acids is 1. The largest absolute Gasteiger partial charge is 0.335 e. The molecule has 2 atom stereocenters. The third-order valence-electron chi connectivity index (χ3n) is 3.50. The molecular formula is C14H18Cl2N2O3S. The molecule has 0 spiro atoms. The van der Waals surface area contributed by atoms with Gasteiger partial charge in [0.1, 0.15) is 0 Å². The lowest BCUT2D eigenvalue weighted by Crippen LogP contribution is -2.55. The van der Waals surface area contributed by atoms with Crippen LogP contribution in [-0.2, 0) is 9.84 Å². The van der Waals surface area contributed by atoms with Crippen molar-refractivity contribution in [2.24, 2.45) is 0 Å². The zero-order valence-corrected chi connectivity index (χ0v) is 14.9. The van der Waals surface area contributed by atoms with E-state index in [1.165, 1.54) is 12.1 Å². The summed E-state index contributed by atoms with van der Waals surface area (Å²) in [6.45, 7) is 5.05. The molecule has 1 fully saturated rings. The second kappa shape index (κ2) is 6.35. The van der Waals surface area contributed by atoms with Gasteiger partial charge in [-0.15, -0.1) is 0 Å². The van der Waals surface area contributed by atoms with E-state index in [1.807, 2.05) is 13.8 Å². The van der Waals surface area contributed by atoms with Crippen molar-refractivity contribution in [2.75, 3.05) is 19.3 Å². The van der Waals surface area contributed by atoms with Crippen LogP contribution in [0.1, 0.15) is 24.2 Å². The summed E-state index contributed by atoms with van der Waals surface area (Å²) >= 11 is 12.0. The normalized spacial score (nSPS) is 22.7. The van der Waals surface area contributed by atoms with E-state index in [0.29, 0.717) is 13.1 Å². The monoisotopic (exact) mass is 364 g/mol. The van der Waals surface area contributed by atoms with Gasteiger partial charge in [0.2, 0.25) is 0 Å². The van der Waals surface area contributed by atoms with Crippen molar-refractivity contribution in [3.8, 4) is 0 Å². The molecule has 1 amide bonds. The maximum Gasteiger partial charge on any atom is 0.255 e. The van der Waals surface area contributed by atoms with Crippen LogP contribution in [0.3, 0.4) is 0 Å². The number of benzene rings is 1. The lowest BCUT2D eigenvalue weighted by molar-refractivity contribution is 0.0673. The van der Waals surface area contributed by atoms with Gasteiger partial charge in [0.05, 0.1) is 20.5 Å². The van der Waals surface area contributed by atoms with Gasteiger partial charge in [-0.05, 0) is 26.0 Å². The second-order valence-electron chi connectivity index (χ2n) is 5.71. The molecule has 1 aromatic carbocycles. The van der Waals surface area contributed by atoms with E-state index in [-0.39, 0.29) is 38.5 Å². The van der Waals surface area contributed by atoms with Crippen molar-refractivity contribution >= 4 is 38.9 Å².